The Bertz CT molecular complexity index is 279. The van der Waals surface area contributed by atoms with Crippen molar-refractivity contribution < 1.29 is 28.8 Å². The number of carbonyl (C=O) groups is 1. The van der Waals surface area contributed by atoms with E-state index < -0.39 is 20.4 Å². The van der Waals surface area contributed by atoms with E-state index in [4.69, 9.17) is 14.9 Å². The highest BCUT2D eigenvalue weighted by Gasteiger charge is 2.17. The van der Waals surface area contributed by atoms with Crippen LogP contribution in [0.15, 0.2) is 11.6 Å². The first-order chi connectivity index (χ1) is 6.87. The Morgan fingerprint density at radius 3 is 2.47 bits per heavy atom. The van der Waals surface area contributed by atoms with Crippen LogP contribution in [0.2, 0.25) is 0 Å². The third-order valence-corrected chi connectivity index (χ3v) is 2.08. The molecule has 0 saturated heterocycles. The minimum Gasteiger partial charge on any atom is -0.478 e. The van der Waals surface area contributed by atoms with Crippen LogP contribution >= 0.6 is 7.82 Å². The summed E-state index contributed by atoms with van der Waals surface area (Å²) in [5, 5.41) is 8.67. The fourth-order valence-electron chi connectivity index (χ4n) is 0.842. The topological polar surface area (TPSA) is 104 Å². The quantitative estimate of drug-likeness (QED) is 0.351. The Morgan fingerprint density at radius 1 is 1.47 bits per heavy atom. The van der Waals surface area contributed by atoms with Gasteiger partial charge in [-0.3, -0.25) is 4.52 Å². The second kappa shape index (κ2) is 6.74. The van der Waals surface area contributed by atoms with Gasteiger partial charge in [-0.2, -0.15) is 0 Å². The van der Waals surface area contributed by atoms with Crippen LogP contribution in [0, 0.1) is 0 Å². The molecule has 0 amide bonds. The number of hydrogen-bond donors (Lipinski definition) is 3. The smallest absolute Gasteiger partial charge is 0.469 e. The molecule has 6 nitrogen and oxygen atoms in total. The monoisotopic (exact) mass is 238 g/mol. The highest BCUT2D eigenvalue weighted by atomic mass is 31.2. The van der Waals surface area contributed by atoms with E-state index in [9.17, 15) is 9.36 Å². The molecule has 0 atom stereocenters. The van der Waals surface area contributed by atoms with Crippen molar-refractivity contribution in [2.75, 3.05) is 6.61 Å². The lowest BCUT2D eigenvalue weighted by Gasteiger charge is -2.05. The van der Waals surface area contributed by atoms with Crippen molar-refractivity contribution in [1.82, 2.24) is 0 Å². The lowest BCUT2D eigenvalue weighted by molar-refractivity contribution is -0.133. The SMILES string of the molecule is CCCCC=C(COP(=O)(O)O)C(=O)O. The first-order valence-electron chi connectivity index (χ1n) is 4.49. The van der Waals surface area contributed by atoms with E-state index in [2.05, 4.69) is 4.52 Å². The molecule has 0 bridgehead atoms. The lowest BCUT2D eigenvalue weighted by Crippen LogP contribution is -2.07. The van der Waals surface area contributed by atoms with Gasteiger partial charge in [0.15, 0.2) is 0 Å². The van der Waals surface area contributed by atoms with E-state index in [1.165, 1.54) is 6.08 Å². The summed E-state index contributed by atoms with van der Waals surface area (Å²) >= 11 is 0. The molecular formula is C8H15O6P. The van der Waals surface area contributed by atoms with Gasteiger partial charge in [0.05, 0.1) is 12.2 Å². The molecular weight excluding hydrogens is 223 g/mol. The Labute approximate surface area is 87.8 Å². The Kier molecular flexibility index (Phi) is 6.43. The number of carboxylic acid groups (broad SMARTS) is 1. The molecule has 0 radical (unpaired) electrons. The van der Waals surface area contributed by atoms with Gasteiger partial charge in [-0.25, -0.2) is 9.36 Å². The van der Waals surface area contributed by atoms with Crippen LogP contribution in [0.1, 0.15) is 26.2 Å². The summed E-state index contributed by atoms with van der Waals surface area (Å²) < 4.78 is 14.4. The lowest BCUT2D eigenvalue weighted by atomic mass is 10.2. The zero-order valence-corrected chi connectivity index (χ0v) is 9.31. The highest BCUT2D eigenvalue weighted by Crippen LogP contribution is 2.36. The third-order valence-electron chi connectivity index (χ3n) is 1.61. The summed E-state index contributed by atoms with van der Waals surface area (Å²) in [5.74, 6) is -1.22. The van der Waals surface area contributed by atoms with Crippen LogP contribution in [0.4, 0.5) is 0 Å². The van der Waals surface area contributed by atoms with Crippen LogP contribution in [-0.2, 0) is 13.9 Å². The van der Waals surface area contributed by atoms with Crippen molar-refractivity contribution in [2.24, 2.45) is 0 Å². The largest absolute Gasteiger partial charge is 0.478 e. The van der Waals surface area contributed by atoms with Crippen molar-refractivity contribution in [2.45, 2.75) is 26.2 Å². The second-order valence-corrected chi connectivity index (χ2v) is 4.18. The molecule has 0 aromatic carbocycles. The van der Waals surface area contributed by atoms with Gasteiger partial charge in [0, 0.05) is 0 Å². The molecule has 0 aromatic heterocycles. The van der Waals surface area contributed by atoms with Crippen LogP contribution in [0.5, 0.6) is 0 Å². The van der Waals surface area contributed by atoms with E-state index in [0.29, 0.717) is 6.42 Å². The number of carboxylic acids is 1. The molecule has 0 heterocycles. The summed E-state index contributed by atoms with van der Waals surface area (Å²) in [5.41, 5.74) is -0.133. The van der Waals surface area contributed by atoms with E-state index in [1.807, 2.05) is 6.92 Å². The molecule has 0 aliphatic carbocycles. The summed E-state index contributed by atoms with van der Waals surface area (Å²) in [6.45, 7) is 1.38. The third kappa shape index (κ3) is 8.32. The number of phosphoric ester groups is 1. The molecule has 0 rings (SSSR count). The molecule has 88 valence electrons. The molecule has 0 aliphatic heterocycles. The van der Waals surface area contributed by atoms with Gasteiger partial charge >= 0.3 is 13.8 Å². The average molecular weight is 238 g/mol. The van der Waals surface area contributed by atoms with E-state index in [-0.39, 0.29) is 5.57 Å². The van der Waals surface area contributed by atoms with Crippen LogP contribution in [0.25, 0.3) is 0 Å². The number of unbranched alkanes of at least 4 members (excludes halogenated alkanes) is 2. The van der Waals surface area contributed by atoms with E-state index >= 15 is 0 Å². The molecule has 0 unspecified atom stereocenters. The van der Waals surface area contributed by atoms with Crippen LogP contribution in [-0.4, -0.2) is 27.5 Å². The molecule has 0 aromatic rings. The molecule has 3 N–H and O–H groups in total. The summed E-state index contributed by atoms with van der Waals surface area (Å²) in [6.07, 6.45) is 3.72. The number of allylic oxidation sites excluding steroid dienone is 1. The van der Waals surface area contributed by atoms with E-state index in [1.54, 1.807) is 0 Å². The summed E-state index contributed by atoms with van der Waals surface area (Å²) in [6, 6.07) is 0. The van der Waals surface area contributed by atoms with Gasteiger partial charge in [0.25, 0.3) is 0 Å². The minimum atomic E-state index is -4.60. The number of hydrogen-bond acceptors (Lipinski definition) is 3. The number of rotatable bonds is 7. The summed E-state index contributed by atoms with van der Waals surface area (Å²) in [4.78, 5) is 27.4. The highest BCUT2D eigenvalue weighted by molar-refractivity contribution is 7.46. The first-order valence-corrected chi connectivity index (χ1v) is 6.02. The predicted molar refractivity (Wildman–Crippen MR) is 53.2 cm³/mol. The zero-order chi connectivity index (χ0) is 11.9. The number of phosphoric acid groups is 1. The van der Waals surface area contributed by atoms with Gasteiger partial charge in [0.2, 0.25) is 0 Å². The molecule has 0 aliphatic rings. The maximum absolute atomic E-state index is 10.6. The maximum atomic E-state index is 10.6. The summed E-state index contributed by atoms with van der Waals surface area (Å²) in [7, 11) is -4.60. The van der Waals surface area contributed by atoms with Gasteiger partial charge < -0.3 is 14.9 Å². The fourth-order valence-corrected chi connectivity index (χ4v) is 1.15. The molecule has 7 heteroatoms. The van der Waals surface area contributed by atoms with Crippen LogP contribution in [0.3, 0.4) is 0 Å². The van der Waals surface area contributed by atoms with Crippen LogP contribution < -0.4 is 0 Å². The van der Waals surface area contributed by atoms with Gasteiger partial charge in [-0.15, -0.1) is 0 Å². The van der Waals surface area contributed by atoms with Crippen molar-refractivity contribution in [3.63, 3.8) is 0 Å². The standard InChI is InChI=1S/C8H15O6P/c1-2-3-4-5-7(8(9)10)6-14-15(11,12)13/h5H,2-4,6H2,1H3,(H,9,10)(H2,11,12,13). The van der Waals surface area contributed by atoms with Gasteiger partial charge in [-0.1, -0.05) is 25.8 Å². The molecule has 0 fully saturated rings. The van der Waals surface area contributed by atoms with Crippen molar-refractivity contribution in [3.05, 3.63) is 11.6 Å². The fraction of sp³-hybridized carbons (Fsp3) is 0.625. The molecule has 0 spiro atoms. The second-order valence-electron chi connectivity index (χ2n) is 2.94. The number of aliphatic carboxylic acids is 1. The van der Waals surface area contributed by atoms with Crippen molar-refractivity contribution in [1.29, 1.82) is 0 Å². The molecule has 0 saturated carbocycles. The zero-order valence-electron chi connectivity index (χ0n) is 8.42. The van der Waals surface area contributed by atoms with Crippen molar-refractivity contribution >= 4 is 13.8 Å². The predicted octanol–water partition coefficient (Wildman–Crippen LogP) is 1.30. The normalized spacial score (nSPS) is 12.9. The Balaban J connectivity index is 4.23. The first kappa shape index (κ1) is 14.3. The average Bonchev–Trinajstić information content (AvgIpc) is 2.08. The van der Waals surface area contributed by atoms with Crippen molar-refractivity contribution in [3.8, 4) is 0 Å². The Morgan fingerprint density at radius 2 is 2.07 bits per heavy atom. The molecule has 15 heavy (non-hydrogen) atoms. The maximum Gasteiger partial charge on any atom is 0.469 e. The van der Waals surface area contributed by atoms with E-state index in [0.717, 1.165) is 12.8 Å². The van der Waals surface area contributed by atoms with Gasteiger partial charge in [-0.05, 0) is 6.42 Å². The van der Waals surface area contributed by atoms with Gasteiger partial charge in [0.1, 0.15) is 0 Å². The minimum absolute atomic E-state index is 0.133. The Hall–Kier alpha value is -0.680.